The molecule has 0 radical (unpaired) electrons. The van der Waals surface area contributed by atoms with Gasteiger partial charge in [-0.15, -0.1) is 0 Å². The largest absolute Gasteiger partial charge is 0.489 e. The van der Waals surface area contributed by atoms with E-state index in [1.807, 2.05) is 0 Å². The van der Waals surface area contributed by atoms with Crippen molar-refractivity contribution < 1.29 is 17.5 Å². The molecule has 0 saturated heterocycles. The molecule has 2 rings (SSSR count). The average Bonchev–Trinajstić information content (AvgIpc) is 2.40. The molecule has 6 heteroatoms. The van der Waals surface area contributed by atoms with E-state index in [-0.39, 0.29) is 17.3 Å². The van der Waals surface area contributed by atoms with Crippen molar-refractivity contribution in [1.82, 2.24) is 0 Å². The van der Waals surface area contributed by atoms with Crippen molar-refractivity contribution in [2.45, 2.75) is 25.3 Å². The molecule has 0 atom stereocenters. The topological polar surface area (TPSA) is 43.4 Å². The Morgan fingerprint density at radius 2 is 1.76 bits per heavy atom. The van der Waals surface area contributed by atoms with Gasteiger partial charge in [0.05, 0.1) is 4.90 Å². The molecule has 0 heterocycles. The van der Waals surface area contributed by atoms with Crippen LogP contribution in [0.4, 0.5) is 4.39 Å². The lowest BCUT2D eigenvalue weighted by molar-refractivity contribution is 0.297. The second kappa shape index (κ2) is 6.03. The number of hydrogen-bond acceptors (Lipinski definition) is 3. The van der Waals surface area contributed by atoms with Crippen LogP contribution >= 0.6 is 10.7 Å². The van der Waals surface area contributed by atoms with Crippen molar-refractivity contribution in [2.75, 3.05) is 0 Å². The number of halogens is 2. The molecule has 0 amide bonds. The van der Waals surface area contributed by atoms with Gasteiger partial charge < -0.3 is 4.74 Å². The number of benzene rings is 2. The Labute approximate surface area is 127 Å². The predicted molar refractivity (Wildman–Crippen MR) is 79.7 cm³/mol. The van der Waals surface area contributed by atoms with E-state index in [9.17, 15) is 12.8 Å². The van der Waals surface area contributed by atoms with E-state index in [4.69, 9.17) is 15.4 Å². The summed E-state index contributed by atoms with van der Waals surface area (Å²) in [6.45, 7) is 3.46. The molecule has 0 bridgehead atoms. The minimum Gasteiger partial charge on any atom is -0.489 e. The number of hydrogen-bond donors (Lipinski definition) is 0. The Morgan fingerprint density at radius 1 is 1.10 bits per heavy atom. The Morgan fingerprint density at radius 3 is 2.38 bits per heavy atom. The van der Waals surface area contributed by atoms with Crippen LogP contribution in [-0.4, -0.2) is 8.42 Å². The second-order valence-electron chi connectivity index (χ2n) is 4.63. The Bertz CT molecular complexity index is 772. The summed E-state index contributed by atoms with van der Waals surface area (Å²) in [4.78, 5) is 0.0555. The molecule has 0 fully saturated rings. The monoisotopic (exact) mass is 328 g/mol. The fraction of sp³-hybridized carbons (Fsp3) is 0.200. The maximum Gasteiger partial charge on any atom is 0.261 e. The van der Waals surface area contributed by atoms with Crippen LogP contribution in [0.1, 0.15) is 16.7 Å². The molecular weight excluding hydrogens is 315 g/mol. The Kier molecular flexibility index (Phi) is 4.54. The van der Waals surface area contributed by atoms with Crippen LogP contribution < -0.4 is 4.74 Å². The zero-order valence-electron chi connectivity index (χ0n) is 11.6. The van der Waals surface area contributed by atoms with Gasteiger partial charge in [0.1, 0.15) is 18.2 Å². The van der Waals surface area contributed by atoms with Gasteiger partial charge in [-0.05, 0) is 43.2 Å². The summed E-state index contributed by atoms with van der Waals surface area (Å²) in [5.74, 6) is 0.159. The van der Waals surface area contributed by atoms with Gasteiger partial charge in [0.15, 0.2) is 0 Å². The van der Waals surface area contributed by atoms with E-state index in [0.717, 1.165) is 0 Å². The minimum absolute atomic E-state index is 0.0555. The van der Waals surface area contributed by atoms with E-state index < -0.39 is 9.05 Å². The van der Waals surface area contributed by atoms with Crippen molar-refractivity contribution in [3.63, 3.8) is 0 Å². The third-order valence-corrected chi connectivity index (χ3v) is 4.76. The molecule has 3 nitrogen and oxygen atoms in total. The Hall–Kier alpha value is -1.59. The first-order valence-electron chi connectivity index (χ1n) is 6.22. The third kappa shape index (κ3) is 3.54. The van der Waals surface area contributed by atoms with Crippen LogP contribution in [0.15, 0.2) is 41.3 Å². The van der Waals surface area contributed by atoms with Crippen LogP contribution in [-0.2, 0) is 15.7 Å². The lowest BCUT2D eigenvalue weighted by Crippen LogP contribution is -2.03. The van der Waals surface area contributed by atoms with Gasteiger partial charge in [0, 0.05) is 16.2 Å². The highest BCUT2D eigenvalue weighted by atomic mass is 35.7. The Balaban J connectivity index is 2.27. The lowest BCUT2D eigenvalue weighted by Gasteiger charge is -2.13. The molecule has 0 saturated carbocycles. The molecule has 2 aromatic carbocycles. The van der Waals surface area contributed by atoms with Crippen LogP contribution in [0.2, 0.25) is 0 Å². The van der Waals surface area contributed by atoms with Crippen molar-refractivity contribution in [3.05, 3.63) is 58.9 Å². The zero-order valence-corrected chi connectivity index (χ0v) is 13.1. The van der Waals surface area contributed by atoms with E-state index in [1.54, 1.807) is 32.0 Å². The van der Waals surface area contributed by atoms with E-state index in [0.29, 0.717) is 22.4 Å². The van der Waals surface area contributed by atoms with Crippen molar-refractivity contribution in [3.8, 4) is 5.75 Å². The summed E-state index contributed by atoms with van der Waals surface area (Å²) in [7, 11) is 1.57. The van der Waals surface area contributed by atoms with Gasteiger partial charge in [-0.2, -0.15) is 0 Å². The SMILES string of the molecule is Cc1c(OCc2ccccc2F)ccc(S(=O)(=O)Cl)c1C. The fourth-order valence-electron chi connectivity index (χ4n) is 1.96. The van der Waals surface area contributed by atoms with E-state index in [1.165, 1.54) is 18.2 Å². The molecule has 0 aliphatic heterocycles. The van der Waals surface area contributed by atoms with Crippen LogP contribution in [0.5, 0.6) is 5.75 Å². The molecule has 112 valence electrons. The standard InChI is InChI=1S/C15H14ClFO3S/c1-10-11(2)15(21(16,18)19)8-7-14(10)20-9-12-5-3-4-6-13(12)17/h3-8H,9H2,1-2H3. The molecular formula is C15H14ClFO3S. The van der Waals surface area contributed by atoms with Gasteiger partial charge in [0.2, 0.25) is 0 Å². The van der Waals surface area contributed by atoms with Gasteiger partial charge >= 0.3 is 0 Å². The summed E-state index contributed by atoms with van der Waals surface area (Å²) in [6, 6.07) is 9.24. The van der Waals surface area contributed by atoms with Crippen molar-refractivity contribution in [1.29, 1.82) is 0 Å². The summed E-state index contributed by atoms with van der Waals surface area (Å²) < 4.78 is 41.9. The first kappa shape index (κ1) is 15.8. The molecule has 0 spiro atoms. The van der Waals surface area contributed by atoms with Gasteiger partial charge in [-0.25, -0.2) is 12.8 Å². The summed E-state index contributed by atoms with van der Waals surface area (Å²) in [5.41, 5.74) is 1.62. The zero-order chi connectivity index (χ0) is 15.6. The average molecular weight is 329 g/mol. The molecule has 0 aliphatic rings. The number of rotatable bonds is 4. The maximum absolute atomic E-state index is 13.5. The van der Waals surface area contributed by atoms with Gasteiger partial charge in [-0.3, -0.25) is 0 Å². The molecule has 0 aromatic heterocycles. The van der Waals surface area contributed by atoms with Crippen molar-refractivity contribution >= 4 is 19.7 Å². The smallest absolute Gasteiger partial charge is 0.261 e. The molecule has 0 unspecified atom stereocenters. The fourth-order valence-corrected chi connectivity index (χ4v) is 3.21. The van der Waals surface area contributed by atoms with Crippen molar-refractivity contribution in [2.24, 2.45) is 0 Å². The predicted octanol–water partition coefficient (Wildman–Crippen LogP) is 3.95. The van der Waals surface area contributed by atoms with E-state index >= 15 is 0 Å². The van der Waals surface area contributed by atoms with Crippen LogP contribution in [0.3, 0.4) is 0 Å². The molecule has 0 aliphatic carbocycles. The van der Waals surface area contributed by atoms with Crippen LogP contribution in [0.25, 0.3) is 0 Å². The minimum atomic E-state index is -3.79. The molecule has 21 heavy (non-hydrogen) atoms. The van der Waals surface area contributed by atoms with Gasteiger partial charge in [0.25, 0.3) is 9.05 Å². The molecule has 0 N–H and O–H groups in total. The summed E-state index contributed by atoms with van der Waals surface area (Å²) in [6.07, 6.45) is 0. The maximum atomic E-state index is 13.5. The highest BCUT2D eigenvalue weighted by Crippen LogP contribution is 2.29. The first-order chi connectivity index (χ1) is 9.80. The number of ether oxygens (including phenoxy) is 1. The quantitative estimate of drug-likeness (QED) is 0.798. The first-order valence-corrected chi connectivity index (χ1v) is 8.52. The second-order valence-corrected chi connectivity index (χ2v) is 7.16. The highest BCUT2D eigenvalue weighted by Gasteiger charge is 2.17. The summed E-state index contributed by atoms with van der Waals surface area (Å²) in [5, 5.41) is 0. The molecule has 2 aromatic rings. The van der Waals surface area contributed by atoms with Crippen LogP contribution in [0, 0.1) is 19.7 Å². The van der Waals surface area contributed by atoms with E-state index in [2.05, 4.69) is 0 Å². The van der Waals surface area contributed by atoms with Gasteiger partial charge in [-0.1, -0.05) is 18.2 Å². The normalized spacial score (nSPS) is 11.4. The third-order valence-electron chi connectivity index (χ3n) is 3.29. The summed E-state index contributed by atoms with van der Waals surface area (Å²) >= 11 is 0. The highest BCUT2D eigenvalue weighted by molar-refractivity contribution is 8.13. The lowest BCUT2D eigenvalue weighted by atomic mass is 10.1.